The van der Waals surface area contributed by atoms with Crippen LogP contribution < -0.4 is 4.74 Å². The molecule has 0 spiro atoms. The van der Waals surface area contributed by atoms with Crippen LogP contribution in [0.2, 0.25) is 0 Å². The van der Waals surface area contributed by atoms with Gasteiger partial charge in [0.05, 0.1) is 5.92 Å². The van der Waals surface area contributed by atoms with Crippen molar-refractivity contribution in [1.82, 2.24) is 0 Å². The fourth-order valence-corrected chi connectivity index (χ4v) is 2.14. The highest BCUT2D eigenvalue weighted by Gasteiger charge is 2.24. The van der Waals surface area contributed by atoms with Crippen LogP contribution in [0.25, 0.3) is 0 Å². The molecular formula is C13H16O3. The second kappa shape index (κ2) is 3.81. The van der Waals surface area contributed by atoms with E-state index in [9.17, 15) is 4.79 Å². The Balaban J connectivity index is 2.42. The van der Waals surface area contributed by atoms with Crippen LogP contribution in [0, 0.1) is 6.92 Å². The van der Waals surface area contributed by atoms with Gasteiger partial charge in [0.25, 0.3) is 0 Å². The van der Waals surface area contributed by atoms with Gasteiger partial charge in [-0.25, -0.2) is 0 Å². The number of ether oxygens (including phenoxy) is 1. The number of carboxylic acids is 1. The van der Waals surface area contributed by atoms with Crippen molar-refractivity contribution in [2.45, 2.75) is 39.2 Å². The fraction of sp³-hybridized carbons (Fsp3) is 0.462. The molecule has 0 aromatic heterocycles. The molecule has 0 aliphatic carbocycles. The highest BCUT2D eigenvalue weighted by atomic mass is 16.5. The van der Waals surface area contributed by atoms with Crippen LogP contribution in [0.5, 0.6) is 5.75 Å². The zero-order valence-corrected chi connectivity index (χ0v) is 9.78. The fourth-order valence-electron chi connectivity index (χ4n) is 2.14. The van der Waals surface area contributed by atoms with E-state index in [0.717, 1.165) is 28.9 Å². The minimum atomic E-state index is -0.786. The number of rotatable bonds is 2. The average molecular weight is 220 g/mol. The lowest BCUT2D eigenvalue weighted by atomic mass is 9.95. The van der Waals surface area contributed by atoms with Crippen molar-refractivity contribution in [3.05, 3.63) is 28.8 Å². The first-order valence-corrected chi connectivity index (χ1v) is 5.52. The van der Waals surface area contributed by atoms with Crippen LogP contribution in [0.15, 0.2) is 12.1 Å². The van der Waals surface area contributed by atoms with Crippen LogP contribution in [0.1, 0.15) is 36.5 Å². The molecule has 0 saturated heterocycles. The Bertz CT molecular complexity index is 437. The summed E-state index contributed by atoms with van der Waals surface area (Å²) in [5.74, 6) is -0.306. The second-order valence-electron chi connectivity index (χ2n) is 4.52. The molecule has 0 amide bonds. The molecule has 1 aliphatic rings. The minimum Gasteiger partial charge on any atom is -0.490 e. The number of carboxylic acid groups (broad SMARTS) is 1. The number of benzene rings is 1. The van der Waals surface area contributed by atoms with Crippen molar-refractivity contribution < 1.29 is 14.6 Å². The SMILES string of the molecule is Cc1cc(C(C)C(=O)O)cc2c1OC(C)C2. The molecule has 1 heterocycles. The molecule has 16 heavy (non-hydrogen) atoms. The summed E-state index contributed by atoms with van der Waals surface area (Å²) >= 11 is 0. The Kier molecular flexibility index (Phi) is 2.62. The van der Waals surface area contributed by atoms with E-state index in [4.69, 9.17) is 9.84 Å². The highest BCUT2D eigenvalue weighted by Crippen LogP contribution is 2.35. The monoisotopic (exact) mass is 220 g/mol. The van der Waals surface area contributed by atoms with E-state index in [1.807, 2.05) is 26.0 Å². The zero-order valence-electron chi connectivity index (χ0n) is 9.78. The van der Waals surface area contributed by atoms with Gasteiger partial charge in [0.1, 0.15) is 11.9 Å². The van der Waals surface area contributed by atoms with Gasteiger partial charge in [-0.3, -0.25) is 4.79 Å². The first-order valence-electron chi connectivity index (χ1n) is 5.52. The summed E-state index contributed by atoms with van der Waals surface area (Å²) in [6.45, 7) is 5.71. The van der Waals surface area contributed by atoms with Gasteiger partial charge in [-0.05, 0) is 37.5 Å². The predicted octanol–water partition coefficient (Wildman–Crippen LogP) is 2.51. The predicted molar refractivity (Wildman–Crippen MR) is 61.0 cm³/mol. The van der Waals surface area contributed by atoms with Crippen molar-refractivity contribution >= 4 is 5.97 Å². The second-order valence-corrected chi connectivity index (χ2v) is 4.52. The Morgan fingerprint density at radius 1 is 1.56 bits per heavy atom. The Hall–Kier alpha value is -1.51. The molecule has 3 nitrogen and oxygen atoms in total. The summed E-state index contributed by atoms with van der Waals surface area (Å²) in [5, 5.41) is 9.00. The molecule has 0 saturated carbocycles. The standard InChI is InChI=1S/C13H16O3/c1-7-4-10(9(3)13(14)15)6-11-5-8(2)16-12(7)11/h4,6,8-9H,5H2,1-3H3,(H,14,15). The van der Waals surface area contributed by atoms with Gasteiger partial charge < -0.3 is 9.84 Å². The molecular weight excluding hydrogens is 204 g/mol. The maximum absolute atomic E-state index is 10.9. The van der Waals surface area contributed by atoms with Crippen LogP contribution in [0.3, 0.4) is 0 Å². The summed E-state index contributed by atoms with van der Waals surface area (Å²) in [7, 11) is 0. The molecule has 86 valence electrons. The molecule has 1 aromatic carbocycles. The van der Waals surface area contributed by atoms with Gasteiger partial charge in [0.2, 0.25) is 0 Å². The van der Waals surface area contributed by atoms with Gasteiger partial charge in [-0.15, -0.1) is 0 Å². The first-order chi connectivity index (χ1) is 7.49. The molecule has 3 heteroatoms. The summed E-state index contributed by atoms with van der Waals surface area (Å²) < 4.78 is 5.69. The summed E-state index contributed by atoms with van der Waals surface area (Å²) in [4.78, 5) is 10.9. The minimum absolute atomic E-state index is 0.198. The third kappa shape index (κ3) is 1.77. The average Bonchev–Trinajstić information content (AvgIpc) is 2.57. The van der Waals surface area contributed by atoms with Gasteiger partial charge in [0.15, 0.2) is 0 Å². The van der Waals surface area contributed by atoms with E-state index in [1.165, 1.54) is 0 Å². The van der Waals surface area contributed by atoms with Gasteiger partial charge in [0, 0.05) is 6.42 Å². The quantitative estimate of drug-likeness (QED) is 0.833. The molecule has 2 rings (SSSR count). The van der Waals surface area contributed by atoms with E-state index >= 15 is 0 Å². The van der Waals surface area contributed by atoms with Crippen LogP contribution >= 0.6 is 0 Å². The van der Waals surface area contributed by atoms with E-state index in [-0.39, 0.29) is 6.10 Å². The van der Waals surface area contributed by atoms with Crippen molar-refractivity contribution in [3.63, 3.8) is 0 Å². The lowest BCUT2D eigenvalue weighted by molar-refractivity contribution is -0.138. The number of carbonyl (C=O) groups is 1. The molecule has 2 atom stereocenters. The van der Waals surface area contributed by atoms with Crippen LogP contribution in [0.4, 0.5) is 0 Å². The molecule has 1 N–H and O–H groups in total. The first kappa shape index (κ1) is 11.0. The summed E-state index contributed by atoms with van der Waals surface area (Å²) in [5.41, 5.74) is 3.03. The normalized spacial score (nSPS) is 20.1. The van der Waals surface area contributed by atoms with Gasteiger partial charge >= 0.3 is 5.97 Å². The lowest BCUT2D eigenvalue weighted by Crippen LogP contribution is -2.07. The summed E-state index contributed by atoms with van der Waals surface area (Å²) in [6, 6.07) is 3.88. The molecule has 0 radical (unpaired) electrons. The van der Waals surface area contributed by atoms with Crippen LogP contribution in [-0.2, 0) is 11.2 Å². The van der Waals surface area contributed by atoms with E-state index in [0.29, 0.717) is 0 Å². The Morgan fingerprint density at radius 2 is 2.25 bits per heavy atom. The largest absolute Gasteiger partial charge is 0.490 e. The van der Waals surface area contributed by atoms with Crippen molar-refractivity contribution in [2.75, 3.05) is 0 Å². The molecule has 0 bridgehead atoms. The number of hydrogen-bond donors (Lipinski definition) is 1. The number of aliphatic carboxylic acids is 1. The summed E-state index contributed by atoms with van der Waals surface area (Å²) in [6.07, 6.45) is 1.07. The smallest absolute Gasteiger partial charge is 0.310 e. The maximum Gasteiger partial charge on any atom is 0.310 e. The molecule has 1 aliphatic heterocycles. The van der Waals surface area contributed by atoms with E-state index < -0.39 is 11.9 Å². The lowest BCUT2D eigenvalue weighted by Gasteiger charge is -2.11. The Labute approximate surface area is 95.0 Å². The third-order valence-corrected chi connectivity index (χ3v) is 3.07. The van der Waals surface area contributed by atoms with Gasteiger partial charge in [-0.2, -0.15) is 0 Å². The van der Waals surface area contributed by atoms with Crippen molar-refractivity contribution in [2.24, 2.45) is 0 Å². The number of fused-ring (bicyclic) bond motifs is 1. The maximum atomic E-state index is 10.9. The topological polar surface area (TPSA) is 46.5 Å². The van der Waals surface area contributed by atoms with Gasteiger partial charge in [-0.1, -0.05) is 12.1 Å². The molecule has 2 unspecified atom stereocenters. The Morgan fingerprint density at radius 3 is 2.88 bits per heavy atom. The number of aryl methyl sites for hydroxylation is 1. The number of hydrogen-bond acceptors (Lipinski definition) is 2. The highest BCUT2D eigenvalue weighted by molar-refractivity contribution is 5.76. The zero-order chi connectivity index (χ0) is 11.9. The van der Waals surface area contributed by atoms with Crippen molar-refractivity contribution in [1.29, 1.82) is 0 Å². The molecule has 1 aromatic rings. The molecule has 0 fully saturated rings. The third-order valence-electron chi connectivity index (χ3n) is 3.07. The van der Waals surface area contributed by atoms with Crippen LogP contribution in [-0.4, -0.2) is 17.2 Å². The van der Waals surface area contributed by atoms with E-state index in [1.54, 1.807) is 6.92 Å². The van der Waals surface area contributed by atoms with E-state index in [2.05, 4.69) is 0 Å². The van der Waals surface area contributed by atoms with Crippen molar-refractivity contribution in [3.8, 4) is 5.75 Å².